The number of ether oxygens (including phenoxy) is 2. The maximum absolute atomic E-state index is 13.6. The van der Waals surface area contributed by atoms with E-state index >= 15 is 0 Å². The highest BCUT2D eigenvalue weighted by atomic mass is 35.5. The number of amides is 1. The van der Waals surface area contributed by atoms with Gasteiger partial charge in [0.2, 0.25) is 0 Å². The molecule has 4 rings (SSSR count). The van der Waals surface area contributed by atoms with Crippen LogP contribution in [-0.4, -0.2) is 36.5 Å². The zero-order valence-corrected chi connectivity index (χ0v) is 22.1. The first-order valence-corrected chi connectivity index (χ1v) is 12.4. The summed E-state index contributed by atoms with van der Waals surface area (Å²) in [5.41, 5.74) is 2.55. The Kier molecular flexibility index (Phi) is 8.83. The van der Waals surface area contributed by atoms with E-state index in [2.05, 4.69) is 10.1 Å². The Bertz CT molecular complexity index is 1570. The number of esters is 1. The van der Waals surface area contributed by atoms with E-state index in [0.717, 1.165) is 7.11 Å². The molecular formula is C30H22ClF4NO5. The van der Waals surface area contributed by atoms with E-state index < -0.39 is 30.1 Å². The number of carbonyl (C=O) groups excluding carboxylic acids is 2. The number of hydrogen-bond donors (Lipinski definition) is 2. The molecule has 0 bridgehead atoms. The van der Waals surface area contributed by atoms with Crippen molar-refractivity contribution >= 4 is 23.5 Å². The molecule has 0 aliphatic rings. The fourth-order valence-electron chi connectivity index (χ4n) is 4.09. The maximum atomic E-state index is 13.6. The monoisotopic (exact) mass is 587 g/mol. The van der Waals surface area contributed by atoms with Gasteiger partial charge in [-0.3, -0.25) is 4.79 Å². The van der Waals surface area contributed by atoms with Gasteiger partial charge in [-0.2, -0.15) is 0 Å². The van der Waals surface area contributed by atoms with Gasteiger partial charge in [-0.25, -0.2) is 9.18 Å². The number of alkyl halides is 3. The Morgan fingerprint density at radius 2 is 1.54 bits per heavy atom. The first-order chi connectivity index (χ1) is 19.4. The predicted octanol–water partition coefficient (Wildman–Crippen LogP) is 6.93. The maximum Gasteiger partial charge on any atom is 0.573 e. The average Bonchev–Trinajstić information content (AvgIpc) is 2.93. The Balaban J connectivity index is 1.52. The second-order valence-corrected chi connectivity index (χ2v) is 9.29. The van der Waals surface area contributed by atoms with Crippen LogP contribution < -0.4 is 10.1 Å². The molecule has 4 aromatic rings. The lowest BCUT2D eigenvalue weighted by molar-refractivity contribution is -0.274. The third kappa shape index (κ3) is 7.55. The molecule has 0 saturated carbocycles. The van der Waals surface area contributed by atoms with Crippen molar-refractivity contribution in [1.82, 2.24) is 5.32 Å². The Hall–Kier alpha value is -4.57. The molecule has 0 aliphatic heterocycles. The number of benzene rings is 4. The third-order valence-corrected chi connectivity index (χ3v) is 6.37. The van der Waals surface area contributed by atoms with Gasteiger partial charge in [0.15, 0.2) is 0 Å². The number of nitrogens with one attached hydrogen (secondary N) is 1. The predicted molar refractivity (Wildman–Crippen MR) is 144 cm³/mol. The fourth-order valence-corrected chi connectivity index (χ4v) is 4.27. The van der Waals surface area contributed by atoms with Crippen molar-refractivity contribution in [2.45, 2.75) is 18.8 Å². The van der Waals surface area contributed by atoms with E-state index in [1.807, 2.05) is 0 Å². The van der Waals surface area contributed by atoms with Crippen LogP contribution in [0.5, 0.6) is 11.5 Å². The summed E-state index contributed by atoms with van der Waals surface area (Å²) in [6.07, 6.45) is -4.80. The number of methoxy groups -OCH3 is 1. The van der Waals surface area contributed by atoms with Gasteiger partial charge in [0.1, 0.15) is 23.4 Å². The normalized spacial score (nSPS) is 12.0. The van der Waals surface area contributed by atoms with Gasteiger partial charge in [-0.1, -0.05) is 60.1 Å². The quantitative estimate of drug-likeness (QED) is 0.172. The molecule has 212 valence electrons. The SMILES string of the molecule is COC(=O)C(Cc1ccc(-c2cccc(OC(F)(F)F)c2)cc1)NC(=O)c1cc(-c2ccc(F)c(Cl)c2)ccc1O. The van der Waals surface area contributed by atoms with Crippen molar-refractivity contribution in [3.05, 3.63) is 107 Å². The zero-order valence-electron chi connectivity index (χ0n) is 21.3. The topological polar surface area (TPSA) is 84.9 Å². The zero-order chi connectivity index (χ0) is 29.7. The molecule has 1 unspecified atom stereocenters. The number of phenolic OH excluding ortho intramolecular Hbond substituents is 1. The first kappa shape index (κ1) is 29.4. The molecule has 2 N–H and O–H groups in total. The summed E-state index contributed by atoms with van der Waals surface area (Å²) in [7, 11) is 1.16. The lowest BCUT2D eigenvalue weighted by atomic mass is 9.99. The minimum Gasteiger partial charge on any atom is -0.507 e. The summed E-state index contributed by atoms with van der Waals surface area (Å²) in [5.74, 6) is -2.80. The lowest BCUT2D eigenvalue weighted by Crippen LogP contribution is -2.43. The molecule has 0 spiro atoms. The second-order valence-electron chi connectivity index (χ2n) is 8.89. The summed E-state index contributed by atoms with van der Waals surface area (Å²) in [6, 6.07) is 19.2. The number of phenols is 1. The summed E-state index contributed by atoms with van der Waals surface area (Å²) >= 11 is 5.87. The van der Waals surface area contributed by atoms with Crippen molar-refractivity contribution in [2.75, 3.05) is 7.11 Å². The van der Waals surface area contributed by atoms with E-state index in [0.29, 0.717) is 27.8 Å². The summed E-state index contributed by atoms with van der Waals surface area (Å²) in [5, 5.41) is 12.8. The summed E-state index contributed by atoms with van der Waals surface area (Å²) in [6.45, 7) is 0. The molecule has 11 heteroatoms. The molecule has 1 amide bonds. The molecule has 6 nitrogen and oxygen atoms in total. The molecule has 0 aromatic heterocycles. The van der Waals surface area contributed by atoms with Crippen LogP contribution in [0.25, 0.3) is 22.3 Å². The molecule has 0 saturated heterocycles. The van der Waals surface area contributed by atoms with Crippen LogP contribution in [0.4, 0.5) is 17.6 Å². The number of aromatic hydroxyl groups is 1. The van der Waals surface area contributed by atoms with Gasteiger partial charge in [0.25, 0.3) is 5.91 Å². The number of rotatable bonds is 8. The Morgan fingerprint density at radius 3 is 2.20 bits per heavy atom. The molecule has 1 atom stereocenters. The third-order valence-electron chi connectivity index (χ3n) is 6.08. The molecule has 4 aromatic carbocycles. The van der Waals surface area contributed by atoms with Crippen LogP contribution in [0, 0.1) is 5.82 Å². The Labute approximate surface area is 237 Å². The van der Waals surface area contributed by atoms with Crippen molar-refractivity contribution in [3.8, 4) is 33.8 Å². The van der Waals surface area contributed by atoms with E-state index in [1.165, 1.54) is 54.6 Å². The van der Waals surface area contributed by atoms with Gasteiger partial charge >= 0.3 is 12.3 Å². The van der Waals surface area contributed by atoms with Crippen molar-refractivity contribution in [1.29, 1.82) is 0 Å². The summed E-state index contributed by atoms with van der Waals surface area (Å²) in [4.78, 5) is 25.6. The van der Waals surface area contributed by atoms with Crippen LogP contribution in [-0.2, 0) is 16.0 Å². The van der Waals surface area contributed by atoms with Crippen LogP contribution in [0.1, 0.15) is 15.9 Å². The lowest BCUT2D eigenvalue weighted by Gasteiger charge is -2.18. The first-order valence-electron chi connectivity index (χ1n) is 12.1. The van der Waals surface area contributed by atoms with Gasteiger partial charge in [-0.15, -0.1) is 13.2 Å². The highest BCUT2D eigenvalue weighted by Crippen LogP contribution is 2.30. The van der Waals surface area contributed by atoms with Crippen LogP contribution >= 0.6 is 11.6 Å². The minimum absolute atomic E-state index is 0.0178. The van der Waals surface area contributed by atoms with Gasteiger partial charge < -0.3 is 19.9 Å². The van der Waals surface area contributed by atoms with E-state index in [-0.39, 0.29) is 28.5 Å². The van der Waals surface area contributed by atoms with Crippen LogP contribution in [0.2, 0.25) is 5.02 Å². The number of carbonyl (C=O) groups is 2. The van der Waals surface area contributed by atoms with E-state index in [4.69, 9.17) is 16.3 Å². The van der Waals surface area contributed by atoms with Crippen molar-refractivity contribution in [2.24, 2.45) is 0 Å². The standard InChI is InChI=1S/C30H22ClF4NO5/c1-40-29(39)26(13-17-5-7-18(8-6-17)19-3-2-4-22(14-19)41-30(33,34)35)36-28(38)23-15-20(10-12-27(23)37)21-9-11-25(32)24(31)16-21/h2-12,14-16,26,37H,13H2,1H3,(H,36,38). The average molecular weight is 588 g/mol. The molecule has 0 radical (unpaired) electrons. The molecule has 0 fully saturated rings. The van der Waals surface area contributed by atoms with Crippen LogP contribution in [0.3, 0.4) is 0 Å². The smallest absolute Gasteiger partial charge is 0.507 e. The molecular weight excluding hydrogens is 566 g/mol. The van der Waals surface area contributed by atoms with Crippen molar-refractivity contribution in [3.63, 3.8) is 0 Å². The van der Waals surface area contributed by atoms with Gasteiger partial charge in [0.05, 0.1) is 17.7 Å². The second kappa shape index (κ2) is 12.3. The number of hydrogen-bond acceptors (Lipinski definition) is 5. The highest BCUT2D eigenvalue weighted by molar-refractivity contribution is 6.31. The van der Waals surface area contributed by atoms with E-state index in [1.54, 1.807) is 30.3 Å². The Morgan fingerprint density at radius 1 is 0.902 bits per heavy atom. The van der Waals surface area contributed by atoms with Gasteiger partial charge in [-0.05, 0) is 64.2 Å². The van der Waals surface area contributed by atoms with E-state index in [9.17, 15) is 32.3 Å². The van der Waals surface area contributed by atoms with Crippen molar-refractivity contribution < 1.29 is 41.7 Å². The highest BCUT2D eigenvalue weighted by Gasteiger charge is 2.31. The summed E-state index contributed by atoms with van der Waals surface area (Å²) < 4.78 is 60.1. The largest absolute Gasteiger partial charge is 0.573 e. The molecule has 0 heterocycles. The number of halogens is 5. The fraction of sp³-hybridized carbons (Fsp3) is 0.133. The molecule has 0 aliphatic carbocycles. The minimum atomic E-state index is -4.82. The van der Waals surface area contributed by atoms with Gasteiger partial charge in [0, 0.05) is 6.42 Å². The van der Waals surface area contributed by atoms with Crippen LogP contribution in [0.15, 0.2) is 84.9 Å². The molecule has 41 heavy (non-hydrogen) atoms.